The number of aromatic nitrogens is 1. The predicted octanol–water partition coefficient (Wildman–Crippen LogP) is 4.55. The number of rotatable bonds is 5. The van der Waals surface area contributed by atoms with Crippen LogP contribution in [0, 0.1) is 0 Å². The molecule has 9 heteroatoms. The molecular formula is C18H13BrClN3O3S. The number of amides is 1. The Balaban J connectivity index is 1.86. The number of halogens is 2. The van der Waals surface area contributed by atoms with Gasteiger partial charge in [-0.3, -0.25) is 9.52 Å². The second kappa shape index (κ2) is 8.08. The van der Waals surface area contributed by atoms with E-state index in [9.17, 15) is 13.2 Å². The van der Waals surface area contributed by atoms with Crippen LogP contribution in [0.25, 0.3) is 0 Å². The van der Waals surface area contributed by atoms with E-state index in [1.165, 1.54) is 24.4 Å². The van der Waals surface area contributed by atoms with E-state index in [0.717, 1.165) is 4.47 Å². The molecule has 2 N–H and O–H groups in total. The van der Waals surface area contributed by atoms with Crippen LogP contribution in [0.1, 0.15) is 10.4 Å². The van der Waals surface area contributed by atoms with Gasteiger partial charge in [0, 0.05) is 21.4 Å². The number of carbonyl (C=O) groups is 1. The number of carbonyl (C=O) groups excluding carboxylic acids is 1. The molecule has 1 aromatic heterocycles. The van der Waals surface area contributed by atoms with Gasteiger partial charge in [0.05, 0.1) is 10.5 Å². The summed E-state index contributed by atoms with van der Waals surface area (Å²) in [4.78, 5) is 16.6. The number of sulfonamides is 1. The lowest BCUT2D eigenvalue weighted by molar-refractivity contribution is 0.102. The lowest BCUT2D eigenvalue weighted by Crippen LogP contribution is -2.19. The van der Waals surface area contributed by atoms with Crippen molar-refractivity contribution >= 4 is 55.0 Å². The SMILES string of the molecule is O=C(Nc1ccc(Cl)cc1)c1cccnc1NS(=O)(=O)c1ccc(Br)cc1. The molecule has 6 nitrogen and oxygen atoms in total. The summed E-state index contributed by atoms with van der Waals surface area (Å²) in [6.07, 6.45) is 1.40. The molecule has 0 bridgehead atoms. The van der Waals surface area contributed by atoms with Gasteiger partial charge in [0.2, 0.25) is 0 Å². The van der Waals surface area contributed by atoms with Crippen LogP contribution < -0.4 is 10.0 Å². The summed E-state index contributed by atoms with van der Waals surface area (Å²) >= 11 is 9.09. The summed E-state index contributed by atoms with van der Waals surface area (Å²) in [5.41, 5.74) is 0.614. The van der Waals surface area contributed by atoms with Crippen molar-refractivity contribution in [2.45, 2.75) is 4.90 Å². The molecule has 0 unspecified atom stereocenters. The maximum atomic E-state index is 12.6. The number of pyridine rings is 1. The van der Waals surface area contributed by atoms with Gasteiger partial charge in [0.25, 0.3) is 15.9 Å². The van der Waals surface area contributed by atoms with Crippen LogP contribution in [0.4, 0.5) is 11.5 Å². The molecule has 138 valence electrons. The van der Waals surface area contributed by atoms with Crippen LogP contribution >= 0.6 is 27.5 Å². The highest BCUT2D eigenvalue weighted by atomic mass is 79.9. The van der Waals surface area contributed by atoms with E-state index < -0.39 is 15.9 Å². The fourth-order valence-electron chi connectivity index (χ4n) is 2.20. The maximum Gasteiger partial charge on any atom is 0.263 e. The summed E-state index contributed by atoms with van der Waals surface area (Å²) in [5.74, 6) is -0.564. The Morgan fingerprint density at radius 3 is 2.33 bits per heavy atom. The third-order valence-corrected chi connectivity index (χ3v) is 5.64. The zero-order valence-corrected chi connectivity index (χ0v) is 16.8. The van der Waals surface area contributed by atoms with Gasteiger partial charge in [-0.05, 0) is 60.7 Å². The van der Waals surface area contributed by atoms with Crippen molar-refractivity contribution in [3.05, 3.63) is 81.9 Å². The molecule has 3 aromatic rings. The summed E-state index contributed by atoms with van der Waals surface area (Å²) in [6, 6.07) is 15.7. The van der Waals surface area contributed by atoms with Crippen molar-refractivity contribution in [1.29, 1.82) is 0 Å². The van der Waals surface area contributed by atoms with E-state index in [4.69, 9.17) is 11.6 Å². The highest BCUT2D eigenvalue weighted by Crippen LogP contribution is 2.21. The van der Waals surface area contributed by atoms with Crippen LogP contribution in [0.3, 0.4) is 0 Å². The van der Waals surface area contributed by atoms with Crippen LogP contribution in [0.15, 0.2) is 76.2 Å². The number of nitrogens with one attached hydrogen (secondary N) is 2. The first kappa shape index (κ1) is 19.3. The molecule has 0 aliphatic heterocycles. The Morgan fingerprint density at radius 2 is 1.67 bits per heavy atom. The molecular weight excluding hydrogens is 454 g/mol. The van der Waals surface area contributed by atoms with Crippen molar-refractivity contribution in [3.63, 3.8) is 0 Å². The molecule has 0 saturated heterocycles. The number of anilines is 2. The second-order valence-corrected chi connectivity index (χ2v) is 8.45. The molecule has 27 heavy (non-hydrogen) atoms. The van der Waals surface area contributed by atoms with Gasteiger partial charge in [-0.1, -0.05) is 27.5 Å². The summed E-state index contributed by atoms with van der Waals surface area (Å²) in [7, 11) is -3.90. The molecule has 0 aliphatic rings. The van der Waals surface area contributed by atoms with Crippen LogP contribution in [-0.2, 0) is 10.0 Å². The summed E-state index contributed by atoms with van der Waals surface area (Å²) < 4.78 is 28.3. The topological polar surface area (TPSA) is 88.2 Å². The first-order chi connectivity index (χ1) is 12.8. The normalized spacial score (nSPS) is 11.0. The van der Waals surface area contributed by atoms with Gasteiger partial charge >= 0.3 is 0 Å². The standard InChI is InChI=1S/C18H13BrClN3O3S/c19-12-3-9-15(10-4-12)27(25,26)23-17-16(2-1-11-21-17)18(24)22-14-7-5-13(20)6-8-14/h1-11H,(H,21,23)(H,22,24). The van der Waals surface area contributed by atoms with Gasteiger partial charge in [0.15, 0.2) is 5.82 Å². The molecule has 0 aliphatic carbocycles. The van der Waals surface area contributed by atoms with E-state index in [-0.39, 0.29) is 16.3 Å². The van der Waals surface area contributed by atoms with Gasteiger partial charge < -0.3 is 5.32 Å². The second-order valence-electron chi connectivity index (χ2n) is 5.42. The number of hydrogen-bond acceptors (Lipinski definition) is 4. The highest BCUT2D eigenvalue weighted by molar-refractivity contribution is 9.10. The minimum Gasteiger partial charge on any atom is -0.322 e. The van der Waals surface area contributed by atoms with Crippen LogP contribution in [-0.4, -0.2) is 19.3 Å². The molecule has 2 aromatic carbocycles. The van der Waals surface area contributed by atoms with Gasteiger partial charge in [-0.25, -0.2) is 13.4 Å². The first-order valence-electron chi connectivity index (χ1n) is 7.65. The number of benzene rings is 2. The Labute approximate surface area is 169 Å². The smallest absolute Gasteiger partial charge is 0.263 e. The number of hydrogen-bond donors (Lipinski definition) is 2. The average molecular weight is 467 g/mol. The van der Waals surface area contributed by atoms with Crippen molar-refractivity contribution < 1.29 is 13.2 Å². The Hall–Kier alpha value is -2.42. The lowest BCUT2D eigenvalue weighted by Gasteiger charge is -2.12. The molecule has 1 amide bonds. The molecule has 1 heterocycles. The fraction of sp³-hybridized carbons (Fsp3) is 0. The third kappa shape index (κ3) is 4.85. The molecule has 0 fully saturated rings. The monoisotopic (exact) mass is 465 g/mol. The molecule has 0 atom stereocenters. The van der Waals surface area contributed by atoms with Crippen molar-refractivity contribution in [3.8, 4) is 0 Å². The van der Waals surface area contributed by atoms with E-state index in [1.807, 2.05) is 0 Å². The van der Waals surface area contributed by atoms with E-state index >= 15 is 0 Å². The van der Waals surface area contributed by atoms with Gasteiger partial charge in [-0.2, -0.15) is 0 Å². The summed E-state index contributed by atoms with van der Waals surface area (Å²) in [5, 5.41) is 3.22. The first-order valence-corrected chi connectivity index (χ1v) is 10.3. The Bertz CT molecular complexity index is 1070. The fourth-order valence-corrected chi connectivity index (χ4v) is 3.62. The van der Waals surface area contributed by atoms with Gasteiger partial charge in [-0.15, -0.1) is 0 Å². The highest BCUT2D eigenvalue weighted by Gasteiger charge is 2.19. The predicted molar refractivity (Wildman–Crippen MR) is 109 cm³/mol. The minimum atomic E-state index is -3.90. The zero-order valence-electron chi connectivity index (χ0n) is 13.7. The molecule has 3 rings (SSSR count). The molecule has 0 radical (unpaired) electrons. The van der Waals surface area contributed by atoms with Crippen molar-refractivity contribution in [2.24, 2.45) is 0 Å². The van der Waals surface area contributed by atoms with Crippen LogP contribution in [0.5, 0.6) is 0 Å². The minimum absolute atomic E-state index is 0.0559. The summed E-state index contributed by atoms with van der Waals surface area (Å²) in [6.45, 7) is 0. The van der Waals surface area contributed by atoms with Crippen LogP contribution in [0.2, 0.25) is 5.02 Å². The largest absolute Gasteiger partial charge is 0.322 e. The zero-order chi connectivity index (χ0) is 19.4. The van der Waals surface area contributed by atoms with E-state index in [1.54, 1.807) is 42.5 Å². The average Bonchev–Trinajstić information content (AvgIpc) is 2.64. The van der Waals surface area contributed by atoms with E-state index in [2.05, 4.69) is 31.0 Å². The Kier molecular flexibility index (Phi) is 5.79. The maximum absolute atomic E-state index is 12.6. The third-order valence-electron chi connectivity index (χ3n) is 3.51. The van der Waals surface area contributed by atoms with Crippen molar-refractivity contribution in [1.82, 2.24) is 4.98 Å². The van der Waals surface area contributed by atoms with E-state index in [0.29, 0.717) is 10.7 Å². The quantitative estimate of drug-likeness (QED) is 0.577. The van der Waals surface area contributed by atoms with Crippen molar-refractivity contribution in [2.75, 3.05) is 10.0 Å². The van der Waals surface area contributed by atoms with Gasteiger partial charge in [0.1, 0.15) is 0 Å². The molecule has 0 saturated carbocycles. The lowest BCUT2D eigenvalue weighted by atomic mass is 10.2. The Morgan fingerprint density at radius 1 is 1.00 bits per heavy atom. The molecule has 0 spiro atoms. The number of nitrogens with zero attached hydrogens (tertiary/aromatic N) is 1.